The van der Waals surface area contributed by atoms with Gasteiger partial charge in [-0.3, -0.25) is 0 Å². The second kappa shape index (κ2) is 8.18. The van der Waals surface area contributed by atoms with Crippen molar-refractivity contribution in [1.82, 2.24) is 0 Å². The summed E-state index contributed by atoms with van der Waals surface area (Å²) in [4.78, 5) is 5.32. The van der Waals surface area contributed by atoms with E-state index in [1.165, 1.54) is 24.0 Å². The highest BCUT2D eigenvalue weighted by molar-refractivity contribution is 6.14. The van der Waals surface area contributed by atoms with Gasteiger partial charge in [0.2, 0.25) is 0 Å². The van der Waals surface area contributed by atoms with Gasteiger partial charge < -0.3 is 0 Å². The van der Waals surface area contributed by atoms with Gasteiger partial charge in [-0.05, 0) is 30.8 Å². The Morgan fingerprint density at radius 1 is 0.704 bits per heavy atom. The molecule has 1 aliphatic rings. The molecule has 3 aromatic carbocycles. The molecule has 0 heterocycles. The van der Waals surface area contributed by atoms with Crippen LogP contribution >= 0.6 is 0 Å². The molecule has 0 saturated heterocycles. The normalized spacial score (nSPS) is 18.2. The second-order valence-corrected chi connectivity index (χ2v) is 7.23. The molecule has 1 aliphatic carbocycles. The predicted octanol–water partition coefficient (Wildman–Crippen LogP) is 6.76. The van der Waals surface area contributed by atoms with Crippen molar-refractivity contribution in [3.63, 3.8) is 0 Å². The Bertz CT molecular complexity index is 896. The van der Waals surface area contributed by atoms with E-state index in [1.54, 1.807) is 0 Å². The summed E-state index contributed by atoms with van der Waals surface area (Å²) in [5.41, 5.74) is 7.22. The number of rotatable bonds is 4. The van der Waals surface area contributed by atoms with Gasteiger partial charge in [0, 0.05) is 16.7 Å². The predicted molar refractivity (Wildman–Crippen MR) is 115 cm³/mol. The highest BCUT2D eigenvalue weighted by atomic mass is 14.8. The van der Waals surface area contributed by atoms with E-state index >= 15 is 0 Å². The average Bonchev–Trinajstić information content (AvgIpc) is 3.16. The molecule has 1 nitrogen and oxygen atoms in total. The van der Waals surface area contributed by atoms with Crippen molar-refractivity contribution in [3.05, 3.63) is 113 Å². The summed E-state index contributed by atoms with van der Waals surface area (Å²) < 4.78 is 0. The van der Waals surface area contributed by atoms with Crippen LogP contribution in [0.4, 0.5) is 0 Å². The van der Waals surface area contributed by atoms with Gasteiger partial charge in [0.15, 0.2) is 0 Å². The zero-order valence-electron chi connectivity index (χ0n) is 15.8. The third-order valence-electron chi connectivity index (χ3n) is 5.35. The Kier molecular flexibility index (Phi) is 5.29. The zero-order chi connectivity index (χ0) is 18.5. The number of hydrogen-bond donors (Lipinski definition) is 0. The summed E-state index contributed by atoms with van der Waals surface area (Å²) >= 11 is 0. The lowest BCUT2D eigenvalue weighted by atomic mass is 9.97. The largest absolute Gasteiger partial charge is 0.247 e. The van der Waals surface area contributed by atoms with E-state index < -0.39 is 0 Å². The highest BCUT2D eigenvalue weighted by Gasteiger charge is 2.22. The van der Waals surface area contributed by atoms with Crippen molar-refractivity contribution < 1.29 is 0 Å². The molecule has 0 radical (unpaired) electrons. The summed E-state index contributed by atoms with van der Waals surface area (Å²) in [5, 5.41) is 0. The van der Waals surface area contributed by atoms with Gasteiger partial charge in [-0.2, -0.15) is 0 Å². The van der Waals surface area contributed by atoms with Gasteiger partial charge in [0.1, 0.15) is 0 Å². The molecule has 1 atom stereocenters. The van der Waals surface area contributed by atoms with Gasteiger partial charge in [0.25, 0.3) is 0 Å². The van der Waals surface area contributed by atoms with Crippen LogP contribution < -0.4 is 0 Å². The lowest BCUT2D eigenvalue weighted by Gasteiger charge is -2.15. The molecule has 1 heteroatoms. The van der Waals surface area contributed by atoms with Crippen molar-refractivity contribution in [2.24, 2.45) is 10.9 Å². The molecule has 4 rings (SSSR count). The lowest BCUT2D eigenvalue weighted by molar-refractivity contribution is 0.696. The molecule has 1 saturated carbocycles. The highest BCUT2D eigenvalue weighted by Crippen LogP contribution is 2.37. The van der Waals surface area contributed by atoms with Crippen molar-refractivity contribution in [1.29, 1.82) is 0 Å². The van der Waals surface area contributed by atoms with Crippen LogP contribution in [0, 0.1) is 5.92 Å². The van der Waals surface area contributed by atoms with Crippen LogP contribution in [-0.4, -0.2) is 5.71 Å². The smallest absolute Gasteiger partial charge is 0.0781 e. The fraction of sp³-hybridized carbons (Fsp3) is 0.192. The molecule has 134 valence electrons. The average molecular weight is 351 g/mol. The SMILES string of the molecule is CC1CCC/C1=C(/N=C(c1ccccc1)c1ccccc1)c1ccccc1. The van der Waals surface area contributed by atoms with Gasteiger partial charge >= 0.3 is 0 Å². The fourth-order valence-electron chi connectivity index (χ4n) is 3.89. The Balaban J connectivity index is 1.93. The van der Waals surface area contributed by atoms with E-state index in [9.17, 15) is 0 Å². The lowest BCUT2D eigenvalue weighted by Crippen LogP contribution is -2.05. The van der Waals surface area contributed by atoms with E-state index in [1.807, 2.05) is 0 Å². The maximum atomic E-state index is 5.32. The quantitative estimate of drug-likeness (QED) is 0.461. The van der Waals surface area contributed by atoms with Crippen molar-refractivity contribution in [2.45, 2.75) is 26.2 Å². The summed E-state index contributed by atoms with van der Waals surface area (Å²) in [7, 11) is 0. The molecule has 1 fully saturated rings. The monoisotopic (exact) mass is 351 g/mol. The van der Waals surface area contributed by atoms with Gasteiger partial charge in [-0.1, -0.05) is 97.9 Å². The second-order valence-electron chi connectivity index (χ2n) is 7.23. The standard InChI is InChI=1S/C26H25N/c1-20-12-11-19-24(20)26(23-17-9-4-10-18-23)27-25(21-13-5-2-6-14-21)22-15-7-3-8-16-22/h2-10,13-18,20H,11-12,19H2,1H3/b26-24-. The van der Waals surface area contributed by atoms with Gasteiger partial charge in [0.05, 0.1) is 11.4 Å². The summed E-state index contributed by atoms with van der Waals surface area (Å²) in [6.07, 6.45) is 3.66. The van der Waals surface area contributed by atoms with Crippen molar-refractivity contribution in [3.8, 4) is 0 Å². The van der Waals surface area contributed by atoms with Crippen LogP contribution in [0.15, 0.2) is 102 Å². The number of nitrogens with zero attached hydrogens (tertiary/aromatic N) is 1. The first-order chi connectivity index (χ1) is 13.3. The molecular weight excluding hydrogens is 326 g/mol. The molecule has 0 amide bonds. The molecule has 0 aromatic heterocycles. The van der Waals surface area contributed by atoms with E-state index in [0.29, 0.717) is 5.92 Å². The third kappa shape index (κ3) is 3.93. The minimum Gasteiger partial charge on any atom is -0.247 e. The first kappa shape index (κ1) is 17.5. The minimum atomic E-state index is 0.594. The molecular formula is C26H25N. The van der Waals surface area contributed by atoms with Crippen molar-refractivity contribution >= 4 is 11.4 Å². The van der Waals surface area contributed by atoms with Crippen LogP contribution in [-0.2, 0) is 0 Å². The Morgan fingerprint density at radius 3 is 1.63 bits per heavy atom. The molecule has 27 heavy (non-hydrogen) atoms. The fourth-order valence-corrected chi connectivity index (χ4v) is 3.89. The van der Waals surface area contributed by atoms with Crippen LogP contribution in [0.5, 0.6) is 0 Å². The zero-order valence-corrected chi connectivity index (χ0v) is 15.8. The molecule has 0 spiro atoms. The molecule has 1 unspecified atom stereocenters. The van der Waals surface area contributed by atoms with E-state index in [2.05, 4.69) is 97.9 Å². The molecule has 0 bridgehead atoms. The van der Waals surface area contributed by atoms with E-state index in [4.69, 9.17) is 4.99 Å². The van der Waals surface area contributed by atoms with Gasteiger partial charge in [-0.15, -0.1) is 0 Å². The number of allylic oxidation sites excluding steroid dienone is 1. The van der Waals surface area contributed by atoms with Crippen LogP contribution in [0.1, 0.15) is 42.9 Å². The van der Waals surface area contributed by atoms with Gasteiger partial charge in [-0.25, -0.2) is 4.99 Å². The first-order valence-corrected chi connectivity index (χ1v) is 9.81. The number of aliphatic imine (C=N–C) groups is 1. The molecule has 3 aromatic rings. The Labute approximate surface area is 162 Å². The maximum Gasteiger partial charge on any atom is 0.0781 e. The molecule has 0 N–H and O–H groups in total. The summed E-state index contributed by atoms with van der Waals surface area (Å²) in [6, 6.07) is 31.7. The Hall–Kier alpha value is -2.93. The van der Waals surface area contributed by atoms with Crippen LogP contribution in [0.3, 0.4) is 0 Å². The summed E-state index contributed by atoms with van der Waals surface area (Å²) in [5.74, 6) is 0.594. The Morgan fingerprint density at radius 2 is 1.19 bits per heavy atom. The summed E-state index contributed by atoms with van der Waals surface area (Å²) in [6.45, 7) is 2.34. The topological polar surface area (TPSA) is 12.4 Å². The van der Waals surface area contributed by atoms with E-state index in [0.717, 1.165) is 29.0 Å². The number of hydrogen-bond acceptors (Lipinski definition) is 1. The maximum absolute atomic E-state index is 5.32. The minimum absolute atomic E-state index is 0.594. The first-order valence-electron chi connectivity index (χ1n) is 9.81. The van der Waals surface area contributed by atoms with Crippen LogP contribution in [0.25, 0.3) is 5.70 Å². The molecule has 0 aliphatic heterocycles. The van der Waals surface area contributed by atoms with Crippen molar-refractivity contribution in [2.75, 3.05) is 0 Å². The van der Waals surface area contributed by atoms with E-state index in [-0.39, 0.29) is 0 Å². The number of benzene rings is 3. The third-order valence-corrected chi connectivity index (χ3v) is 5.35. The van der Waals surface area contributed by atoms with Crippen LogP contribution in [0.2, 0.25) is 0 Å².